The molecule has 1 N–H and O–H groups in total. The van der Waals surface area contributed by atoms with Gasteiger partial charge in [-0.25, -0.2) is 0 Å². The van der Waals surface area contributed by atoms with Gasteiger partial charge in [-0.2, -0.15) is 0 Å². The lowest BCUT2D eigenvalue weighted by atomic mass is 10.2. The minimum absolute atomic E-state index is 0.107. The van der Waals surface area contributed by atoms with E-state index in [0.717, 1.165) is 11.3 Å². The molecule has 3 rings (SSSR count). The lowest BCUT2D eigenvalue weighted by molar-refractivity contribution is -0.121. The van der Waals surface area contributed by atoms with Crippen molar-refractivity contribution < 1.29 is 13.9 Å². The average molecular weight is 354 g/mol. The number of hydrogen-bond acceptors (Lipinski definition) is 6. The van der Waals surface area contributed by atoms with Crippen LogP contribution in [-0.4, -0.2) is 27.8 Å². The van der Waals surface area contributed by atoms with Gasteiger partial charge in [0.1, 0.15) is 12.3 Å². The number of aromatic nitrogens is 3. The van der Waals surface area contributed by atoms with Gasteiger partial charge in [0.2, 0.25) is 17.7 Å². The molecule has 8 heteroatoms. The molecule has 1 amide bonds. The first-order chi connectivity index (χ1) is 12.5. The van der Waals surface area contributed by atoms with Crippen LogP contribution in [0.3, 0.4) is 0 Å². The van der Waals surface area contributed by atoms with Crippen LogP contribution >= 0.6 is 0 Å². The fraction of sp³-hybridized carbons (Fsp3) is 0.222. The Morgan fingerprint density at radius 2 is 2.12 bits per heavy atom. The second-order valence-electron chi connectivity index (χ2n) is 5.64. The third-order valence-electron chi connectivity index (χ3n) is 3.69. The minimum atomic E-state index is -0.290. The van der Waals surface area contributed by atoms with Crippen LogP contribution < -0.4 is 15.6 Å². The van der Waals surface area contributed by atoms with Gasteiger partial charge in [-0.1, -0.05) is 12.1 Å². The zero-order chi connectivity index (χ0) is 18.5. The summed E-state index contributed by atoms with van der Waals surface area (Å²) in [5.74, 6) is 1.16. The minimum Gasteiger partial charge on any atom is -0.497 e. The van der Waals surface area contributed by atoms with Gasteiger partial charge in [0, 0.05) is 25.7 Å². The Morgan fingerprint density at radius 1 is 1.27 bits per heavy atom. The molecule has 0 atom stereocenters. The molecular formula is C18H18N4O4. The summed E-state index contributed by atoms with van der Waals surface area (Å²) in [6.45, 7) is 1.91. The van der Waals surface area contributed by atoms with E-state index in [4.69, 9.17) is 9.15 Å². The van der Waals surface area contributed by atoms with Gasteiger partial charge >= 0.3 is 0 Å². The number of hydrogen-bond donors (Lipinski definition) is 1. The van der Waals surface area contributed by atoms with E-state index in [1.54, 1.807) is 20.1 Å². The molecule has 2 heterocycles. The Bertz CT molecular complexity index is 977. The van der Waals surface area contributed by atoms with Crippen molar-refractivity contribution in [2.45, 2.75) is 20.0 Å². The van der Waals surface area contributed by atoms with Crippen LogP contribution in [0.5, 0.6) is 5.75 Å². The summed E-state index contributed by atoms with van der Waals surface area (Å²) in [5.41, 5.74) is 1.19. The molecule has 0 unspecified atom stereocenters. The van der Waals surface area contributed by atoms with E-state index < -0.39 is 0 Å². The highest BCUT2D eigenvalue weighted by atomic mass is 16.5. The number of methoxy groups -OCH3 is 1. The molecule has 0 aliphatic heterocycles. The summed E-state index contributed by atoms with van der Waals surface area (Å²) < 4.78 is 11.8. The molecule has 0 radical (unpaired) electrons. The second kappa shape index (κ2) is 7.64. The Hall–Kier alpha value is -3.42. The topological polar surface area (TPSA) is 99.2 Å². The van der Waals surface area contributed by atoms with E-state index in [-0.39, 0.29) is 18.0 Å². The molecule has 0 aliphatic carbocycles. The number of benzene rings is 1. The molecule has 3 aromatic rings. The summed E-state index contributed by atoms with van der Waals surface area (Å²) in [4.78, 5) is 24.2. The van der Waals surface area contributed by atoms with E-state index in [9.17, 15) is 9.59 Å². The van der Waals surface area contributed by atoms with Gasteiger partial charge in [-0.05, 0) is 23.8 Å². The molecule has 8 nitrogen and oxygen atoms in total. The number of amides is 1. The SMILES string of the molecule is COc1cccc(CNC(=O)Cn2cc(-c3nnc(C)o3)ccc2=O)c1. The lowest BCUT2D eigenvalue weighted by Crippen LogP contribution is -2.31. The smallest absolute Gasteiger partial charge is 0.251 e. The first kappa shape index (κ1) is 17.4. The highest BCUT2D eigenvalue weighted by molar-refractivity contribution is 5.75. The number of rotatable bonds is 6. The zero-order valence-corrected chi connectivity index (χ0v) is 14.4. The Labute approximate surface area is 149 Å². The van der Waals surface area contributed by atoms with Crippen LogP contribution in [0, 0.1) is 6.92 Å². The standard InChI is InChI=1S/C18H18N4O4/c1-12-20-21-18(26-12)14-6-7-17(24)22(10-14)11-16(23)19-9-13-4-3-5-15(8-13)25-2/h3-8,10H,9,11H2,1-2H3,(H,19,23). The second-order valence-corrected chi connectivity index (χ2v) is 5.64. The highest BCUT2D eigenvalue weighted by Gasteiger charge is 2.10. The molecule has 0 bridgehead atoms. The number of pyridine rings is 1. The van der Waals surface area contributed by atoms with Crippen LogP contribution in [0.4, 0.5) is 0 Å². The normalized spacial score (nSPS) is 10.5. The van der Waals surface area contributed by atoms with Crippen LogP contribution in [0.1, 0.15) is 11.5 Å². The van der Waals surface area contributed by atoms with Gasteiger partial charge in [-0.3, -0.25) is 9.59 Å². The van der Waals surface area contributed by atoms with Gasteiger partial charge in [-0.15, -0.1) is 10.2 Å². The Balaban J connectivity index is 1.67. The first-order valence-electron chi connectivity index (χ1n) is 7.96. The van der Waals surface area contributed by atoms with E-state index in [0.29, 0.717) is 23.9 Å². The summed E-state index contributed by atoms with van der Waals surface area (Å²) in [7, 11) is 1.59. The molecule has 26 heavy (non-hydrogen) atoms. The number of ether oxygens (including phenoxy) is 1. The number of aryl methyl sites for hydroxylation is 1. The maximum atomic E-state index is 12.2. The molecule has 0 saturated carbocycles. The Kier molecular flexibility index (Phi) is 5.12. The molecule has 0 spiro atoms. The molecule has 1 aromatic carbocycles. The van der Waals surface area contributed by atoms with Gasteiger partial charge in [0.25, 0.3) is 5.56 Å². The number of nitrogens with one attached hydrogen (secondary N) is 1. The maximum Gasteiger partial charge on any atom is 0.251 e. The van der Waals surface area contributed by atoms with Crippen molar-refractivity contribution in [3.8, 4) is 17.2 Å². The van der Waals surface area contributed by atoms with E-state index in [2.05, 4.69) is 15.5 Å². The highest BCUT2D eigenvalue weighted by Crippen LogP contribution is 2.15. The van der Waals surface area contributed by atoms with Crippen molar-refractivity contribution in [1.82, 2.24) is 20.1 Å². The van der Waals surface area contributed by atoms with Crippen LogP contribution in [-0.2, 0) is 17.9 Å². The molecule has 2 aromatic heterocycles. The first-order valence-corrected chi connectivity index (χ1v) is 7.96. The monoisotopic (exact) mass is 354 g/mol. The fourth-order valence-corrected chi connectivity index (χ4v) is 2.39. The van der Waals surface area contributed by atoms with Crippen molar-refractivity contribution >= 4 is 5.91 Å². The molecule has 134 valence electrons. The maximum absolute atomic E-state index is 12.2. The quantitative estimate of drug-likeness (QED) is 0.721. The predicted octanol–water partition coefficient (Wildman–Crippen LogP) is 1.53. The molecule has 0 saturated heterocycles. The largest absolute Gasteiger partial charge is 0.497 e. The van der Waals surface area contributed by atoms with Crippen molar-refractivity contribution in [2.24, 2.45) is 0 Å². The van der Waals surface area contributed by atoms with Crippen LogP contribution in [0.15, 0.2) is 51.8 Å². The summed E-state index contributed by atoms with van der Waals surface area (Å²) in [5, 5.41) is 10.5. The predicted molar refractivity (Wildman–Crippen MR) is 93.6 cm³/mol. The molecule has 0 aliphatic rings. The molecule has 0 fully saturated rings. The van der Waals surface area contributed by atoms with Crippen molar-refractivity contribution in [1.29, 1.82) is 0 Å². The Morgan fingerprint density at radius 3 is 2.85 bits per heavy atom. The van der Waals surface area contributed by atoms with E-state index in [1.807, 2.05) is 24.3 Å². The number of carbonyl (C=O) groups is 1. The van der Waals surface area contributed by atoms with Gasteiger partial charge in [0.05, 0.1) is 12.7 Å². The molecular weight excluding hydrogens is 336 g/mol. The van der Waals surface area contributed by atoms with Crippen LogP contribution in [0.25, 0.3) is 11.5 Å². The zero-order valence-electron chi connectivity index (χ0n) is 14.4. The fourth-order valence-electron chi connectivity index (χ4n) is 2.39. The van der Waals surface area contributed by atoms with E-state index >= 15 is 0 Å². The van der Waals surface area contributed by atoms with E-state index in [1.165, 1.54) is 16.8 Å². The van der Waals surface area contributed by atoms with Gasteiger partial charge < -0.3 is 19.0 Å². The van der Waals surface area contributed by atoms with Crippen molar-refractivity contribution in [2.75, 3.05) is 7.11 Å². The summed E-state index contributed by atoms with van der Waals surface area (Å²) in [6.07, 6.45) is 1.53. The third-order valence-corrected chi connectivity index (χ3v) is 3.69. The van der Waals surface area contributed by atoms with Crippen LogP contribution in [0.2, 0.25) is 0 Å². The van der Waals surface area contributed by atoms with Gasteiger partial charge in [0.15, 0.2) is 0 Å². The number of carbonyl (C=O) groups excluding carboxylic acids is 1. The van der Waals surface area contributed by atoms with Crippen molar-refractivity contribution in [3.63, 3.8) is 0 Å². The van der Waals surface area contributed by atoms with Crippen molar-refractivity contribution in [3.05, 3.63) is 64.4 Å². The lowest BCUT2D eigenvalue weighted by Gasteiger charge is -2.09. The average Bonchev–Trinajstić information content (AvgIpc) is 3.08. The summed E-state index contributed by atoms with van der Waals surface area (Å²) in [6, 6.07) is 10.3. The third kappa shape index (κ3) is 4.15. The summed E-state index contributed by atoms with van der Waals surface area (Å²) >= 11 is 0. The number of nitrogens with zero attached hydrogens (tertiary/aromatic N) is 3.